The van der Waals surface area contributed by atoms with E-state index in [2.05, 4.69) is 10.6 Å². The van der Waals surface area contributed by atoms with Gasteiger partial charge < -0.3 is 10.6 Å². The Morgan fingerprint density at radius 3 is 2.88 bits per heavy atom. The van der Waals surface area contributed by atoms with Crippen molar-refractivity contribution in [1.29, 1.82) is 0 Å². The second kappa shape index (κ2) is 7.10. The average molecular weight is 341 g/mol. The minimum Gasteiger partial charge on any atom is -0.329 e. The third kappa shape index (κ3) is 3.88. The van der Waals surface area contributed by atoms with Crippen LogP contribution in [0.1, 0.15) is 10.4 Å². The Morgan fingerprint density at radius 2 is 2.17 bits per heavy atom. The maximum atomic E-state index is 11.9. The molecule has 122 valence electrons. The molecule has 0 aliphatic carbocycles. The zero-order valence-electron chi connectivity index (χ0n) is 12.7. The number of amides is 4. The van der Waals surface area contributed by atoms with Gasteiger partial charge in [-0.25, -0.2) is 4.79 Å². The number of hydrogen-bond donors (Lipinski definition) is 2. The van der Waals surface area contributed by atoms with Crippen LogP contribution in [0.15, 0.2) is 47.9 Å². The van der Waals surface area contributed by atoms with Crippen molar-refractivity contribution in [1.82, 2.24) is 10.2 Å². The molecule has 1 aliphatic heterocycles. The minimum atomic E-state index is -0.395. The number of hydrogen-bond acceptors (Lipinski definition) is 4. The molecule has 0 unspecified atom stereocenters. The zero-order valence-corrected chi connectivity index (χ0v) is 13.5. The van der Waals surface area contributed by atoms with Gasteiger partial charge in [0.25, 0.3) is 0 Å². The molecule has 3 rings (SSSR count). The van der Waals surface area contributed by atoms with Gasteiger partial charge in [-0.3, -0.25) is 14.5 Å². The van der Waals surface area contributed by atoms with E-state index in [-0.39, 0.29) is 24.9 Å². The lowest BCUT2D eigenvalue weighted by atomic mass is 10.2. The maximum Gasteiger partial charge on any atom is 0.324 e. The molecule has 1 aromatic heterocycles. The molecule has 0 radical (unpaired) electrons. The lowest BCUT2D eigenvalue weighted by molar-refractivity contribution is -0.125. The number of nitrogens with zero attached hydrogens (tertiary/aromatic N) is 1. The van der Waals surface area contributed by atoms with Crippen LogP contribution in [-0.2, 0) is 16.1 Å². The Labute approximate surface area is 142 Å². The van der Waals surface area contributed by atoms with Gasteiger partial charge in [0, 0.05) is 16.6 Å². The van der Waals surface area contributed by atoms with Crippen LogP contribution in [0.3, 0.4) is 0 Å². The second-order valence-electron chi connectivity index (χ2n) is 5.18. The van der Waals surface area contributed by atoms with Gasteiger partial charge in [0.15, 0.2) is 0 Å². The zero-order chi connectivity index (χ0) is 16.9. The summed E-state index contributed by atoms with van der Waals surface area (Å²) in [7, 11) is 0. The summed E-state index contributed by atoms with van der Waals surface area (Å²) in [5.74, 6) is -0.496. The van der Waals surface area contributed by atoms with Crippen LogP contribution < -0.4 is 10.6 Å². The molecule has 1 fully saturated rings. The molecular weight excluding hydrogens is 326 g/mol. The van der Waals surface area contributed by atoms with Crippen LogP contribution in [0.25, 0.3) is 6.08 Å². The summed E-state index contributed by atoms with van der Waals surface area (Å²) in [6, 6.07) is 10.5. The molecule has 2 aromatic rings. The normalized spacial score (nSPS) is 14.2. The summed E-state index contributed by atoms with van der Waals surface area (Å²) in [5.41, 5.74) is 1.38. The SMILES string of the molecule is O=C(C=Cc1cccs1)Nc1cccc(CN2C(=O)CNC2=O)c1. The quantitative estimate of drug-likeness (QED) is 0.648. The molecule has 0 atom stereocenters. The van der Waals surface area contributed by atoms with Crippen molar-refractivity contribution >= 4 is 40.9 Å². The molecule has 2 N–H and O–H groups in total. The Kier molecular flexibility index (Phi) is 4.72. The van der Waals surface area contributed by atoms with Gasteiger partial charge in [-0.2, -0.15) is 0 Å². The highest BCUT2D eigenvalue weighted by atomic mass is 32.1. The van der Waals surface area contributed by atoms with Crippen LogP contribution in [0, 0.1) is 0 Å². The summed E-state index contributed by atoms with van der Waals surface area (Å²) >= 11 is 1.55. The van der Waals surface area contributed by atoms with E-state index in [1.54, 1.807) is 41.7 Å². The largest absolute Gasteiger partial charge is 0.329 e. The predicted molar refractivity (Wildman–Crippen MR) is 92.4 cm³/mol. The van der Waals surface area contributed by atoms with Crippen molar-refractivity contribution in [2.24, 2.45) is 0 Å². The summed E-state index contributed by atoms with van der Waals surface area (Å²) < 4.78 is 0. The third-order valence-electron chi connectivity index (χ3n) is 3.41. The summed E-state index contributed by atoms with van der Waals surface area (Å²) in [5, 5.41) is 7.18. The van der Waals surface area contributed by atoms with Crippen LogP contribution in [0.2, 0.25) is 0 Å². The molecule has 7 heteroatoms. The van der Waals surface area contributed by atoms with Crippen molar-refractivity contribution in [3.05, 3.63) is 58.3 Å². The van der Waals surface area contributed by atoms with E-state index in [0.29, 0.717) is 5.69 Å². The molecule has 6 nitrogen and oxygen atoms in total. The minimum absolute atomic E-state index is 0.0305. The van der Waals surface area contributed by atoms with Crippen molar-refractivity contribution in [3.63, 3.8) is 0 Å². The lowest BCUT2D eigenvalue weighted by Crippen LogP contribution is -2.30. The molecule has 0 spiro atoms. The van der Waals surface area contributed by atoms with Gasteiger partial charge in [0.2, 0.25) is 11.8 Å². The van der Waals surface area contributed by atoms with Gasteiger partial charge in [-0.15, -0.1) is 11.3 Å². The number of carbonyl (C=O) groups excluding carboxylic acids is 3. The Balaban J connectivity index is 1.63. The molecule has 1 aliphatic rings. The first-order chi connectivity index (χ1) is 11.6. The number of thiophene rings is 1. The average Bonchev–Trinajstić information content (AvgIpc) is 3.19. The highest BCUT2D eigenvalue weighted by molar-refractivity contribution is 7.10. The molecule has 24 heavy (non-hydrogen) atoms. The van der Waals surface area contributed by atoms with E-state index >= 15 is 0 Å². The highest BCUT2D eigenvalue weighted by Gasteiger charge is 2.28. The lowest BCUT2D eigenvalue weighted by Gasteiger charge is -2.13. The topological polar surface area (TPSA) is 78.5 Å². The monoisotopic (exact) mass is 341 g/mol. The van der Waals surface area contributed by atoms with Gasteiger partial charge in [-0.05, 0) is 35.2 Å². The van der Waals surface area contributed by atoms with Crippen molar-refractivity contribution in [2.75, 3.05) is 11.9 Å². The summed E-state index contributed by atoms with van der Waals surface area (Å²) in [6.45, 7) is 0.211. The molecule has 1 saturated heterocycles. The van der Waals surface area contributed by atoms with Crippen LogP contribution >= 0.6 is 11.3 Å². The first-order valence-electron chi connectivity index (χ1n) is 7.31. The van der Waals surface area contributed by atoms with E-state index in [0.717, 1.165) is 15.3 Å². The Morgan fingerprint density at radius 1 is 1.29 bits per heavy atom. The fraction of sp³-hybridized carbons (Fsp3) is 0.118. The summed E-state index contributed by atoms with van der Waals surface area (Å²) in [4.78, 5) is 37.3. The molecule has 0 saturated carbocycles. The fourth-order valence-corrected chi connectivity index (χ4v) is 2.89. The second-order valence-corrected chi connectivity index (χ2v) is 6.16. The van der Waals surface area contributed by atoms with E-state index in [9.17, 15) is 14.4 Å². The van der Waals surface area contributed by atoms with Crippen LogP contribution in [0.4, 0.5) is 10.5 Å². The van der Waals surface area contributed by atoms with E-state index in [4.69, 9.17) is 0 Å². The van der Waals surface area contributed by atoms with E-state index in [1.165, 1.54) is 6.08 Å². The van der Waals surface area contributed by atoms with Crippen molar-refractivity contribution in [3.8, 4) is 0 Å². The predicted octanol–water partition coefficient (Wildman–Crippen LogP) is 2.45. The number of imide groups is 1. The number of nitrogens with one attached hydrogen (secondary N) is 2. The number of carbonyl (C=O) groups is 3. The van der Waals surface area contributed by atoms with Gasteiger partial charge in [-0.1, -0.05) is 18.2 Å². The molecule has 4 amide bonds. The third-order valence-corrected chi connectivity index (χ3v) is 4.25. The van der Waals surface area contributed by atoms with E-state index < -0.39 is 6.03 Å². The van der Waals surface area contributed by atoms with Gasteiger partial charge >= 0.3 is 6.03 Å². The Hall–Kier alpha value is -2.93. The Bertz CT molecular complexity index is 783. The maximum absolute atomic E-state index is 11.9. The van der Waals surface area contributed by atoms with Gasteiger partial charge in [0.05, 0.1) is 13.1 Å². The number of benzene rings is 1. The van der Waals surface area contributed by atoms with Crippen molar-refractivity contribution < 1.29 is 14.4 Å². The first-order valence-corrected chi connectivity index (χ1v) is 8.19. The summed E-state index contributed by atoms with van der Waals surface area (Å²) in [6.07, 6.45) is 3.22. The molecule has 2 heterocycles. The standard InChI is InChI=1S/C17H15N3O3S/c21-15(7-6-14-5-2-8-24-14)19-13-4-1-3-12(9-13)11-20-16(22)10-18-17(20)23/h1-9H,10-11H2,(H,18,23)(H,19,21). The smallest absolute Gasteiger partial charge is 0.324 e. The van der Waals surface area contributed by atoms with Gasteiger partial charge in [0.1, 0.15) is 0 Å². The first kappa shape index (κ1) is 15.9. The number of rotatable bonds is 5. The number of anilines is 1. The van der Waals surface area contributed by atoms with Crippen LogP contribution in [-0.4, -0.2) is 29.3 Å². The number of urea groups is 1. The fourth-order valence-electron chi connectivity index (χ4n) is 2.27. The van der Waals surface area contributed by atoms with Crippen LogP contribution in [0.5, 0.6) is 0 Å². The molecular formula is C17H15N3O3S. The van der Waals surface area contributed by atoms with Crippen molar-refractivity contribution in [2.45, 2.75) is 6.54 Å². The van der Waals surface area contributed by atoms with E-state index in [1.807, 2.05) is 17.5 Å². The highest BCUT2D eigenvalue weighted by Crippen LogP contribution is 2.15. The molecule has 1 aromatic carbocycles. The molecule has 0 bridgehead atoms.